The number of hydrogen-bond donors (Lipinski definition) is 2. The SMILES string of the molecule is O=C(N[C@H]1C(=O)N[C@@H]2CCC[C@@H]21)c1cnc(-c2cc(F)cc(Cl)c2)s1. The van der Waals surface area contributed by atoms with Gasteiger partial charge in [0.15, 0.2) is 0 Å². The number of fused-ring (bicyclic) bond motifs is 1. The number of amides is 2. The van der Waals surface area contributed by atoms with E-state index < -0.39 is 11.9 Å². The summed E-state index contributed by atoms with van der Waals surface area (Å²) in [7, 11) is 0. The summed E-state index contributed by atoms with van der Waals surface area (Å²) in [5.41, 5.74) is 0.517. The van der Waals surface area contributed by atoms with Crippen LogP contribution in [0.3, 0.4) is 0 Å². The zero-order valence-electron chi connectivity index (χ0n) is 13.1. The Balaban J connectivity index is 1.52. The van der Waals surface area contributed by atoms with Gasteiger partial charge in [-0.2, -0.15) is 0 Å². The molecule has 0 unspecified atom stereocenters. The van der Waals surface area contributed by atoms with Crippen molar-refractivity contribution in [2.75, 3.05) is 0 Å². The first-order valence-corrected chi connectivity index (χ1v) is 9.24. The molecule has 1 aromatic heterocycles. The van der Waals surface area contributed by atoms with Crippen LogP contribution in [0.1, 0.15) is 28.9 Å². The van der Waals surface area contributed by atoms with Crippen molar-refractivity contribution in [1.29, 1.82) is 0 Å². The summed E-state index contributed by atoms with van der Waals surface area (Å²) in [5.74, 6) is -0.756. The molecule has 2 aliphatic rings. The van der Waals surface area contributed by atoms with Gasteiger partial charge in [-0.3, -0.25) is 9.59 Å². The molecule has 5 nitrogen and oxygen atoms in total. The number of thiazole rings is 1. The van der Waals surface area contributed by atoms with Gasteiger partial charge < -0.3 is 10.6 Å². The van der Waals surface area contributed by atoms with Crippen molar-refractivity contribution in [2.45, 2.75) is 31.3 Å². The molecule has 4 rings (SSSR count). The van der Waals surface area contributed by atoms with Crippen LogP contribution >= 0.6 is 22.9 Å². The molecule has 2 amide bonds. The van der Waals surface area contributed by atoms with Gasteiger partial charge in [0, 0.05) is 22.5 Å². The molecule has 130 valence electrons. The minimum atomic E-state index is -0.492. The number of hydrogen-bond acceptors (Lipinski definition) is 4. The number of aromatic nitrogens is 1. The van der Waals surface area contributed by atoms with Gasteiger partial charge in [-0.25, -0.2) is 9.37 Å². The number of carbonyl (C=O) groups is 2. The van der Waals surface area contributed by atoms with Crippen LogP contribution in [0.5, 0.6) is 0 Å². The number of nitrogens with one attached hydrogen (secondary N) is 2. The highest BCUT2D eigenvalue weighted by molar-refractivity contribution is 7.16. The lowest BCUT2D eigenvalue weighted by molar-refractivity contribution is -0.121. The van der Waals surface area contributed by atoms with Crippen LogP contribution in [0.4, 0.5) is 4.39 Å². The van der Waals surface area contributed by atoms with E-state index in [4.69, 9.17) is 11.6 Å². The summed E-state index contributed by atoms with van der Waals surface area (Å²) < 4.78 is 13.5. The summed E-state index contributed by atoms with van der Waals surface area (Å²) in [6.45, 7) is 0. The lowest BCUT2D eigenvalue weighted by Crippen LogP contribution is -2.43. The Hall–Kier alpha value is -1.99. The predicted octanol–water partition coefficient (Wildman–Crippen LogP) is 3.00. The fourth-order valence-corrected chi connectivity index (χ4v) is 4.64. The van der Waals surface area contributed by atoms with Crippen molar-refractivity contribution in [3.8, 4) is 10.6 Å². The lowest BCUT2D eigenvalue weighted by Gasteiger charge is -2.16. The zero-order chi connectivity index (χ0) is 17.6. The molecular formula is C17H15ClFN3O2S. The van der Waals surface area contributed by atoms with Crippen molar-refractivity contribution >= 4 is 34.8 Å². The molecule has 0 spiro atoms. The zero-order valence-corrected chi connectivity index (χ0v) is 14.7. The van der Waals surface area contributed by atoms with Crippen molar-refractivity contribution in [1.82, 2.24) is 15.6 Å². The normalized spacial score (nSPS) is 24.9. The minimum Gasteiger partial charge on any atom is -0.351 e. The quantitative estimate of drug-likeness (QED) is 0.861. The second-order valence-corrected chi connectivity index (χ2v) is 7.82. The molecule has 2 fully saturated rings. The van der Waals surface area contributed by atoms with Crippen LogP contribution in [0.2, 0.25) is 5.02 Å². The molecule has 1 saturated heterocycles. The number of benzene rings is 1. The Morgan fingerprint density at radius 3 is 3.00 bits per heavy atom. The number of halogens is 2. The molecule has 1 aliphatic carbocycles. The molecule has 0 radical (unpaired) electrons. The maximum absolute atomic E-state index is 13.5. The average molecular weight is 380 g/mol. The third-order valence-electron chi connectivity index (χ3n) is 4.73. The summed E-state index contributed by atoms with van der Waals surface area (Å²) >= 11 is 7.00. The van der Waals surface area contributed by atoms with E-state index in [1.165, 1.54) is 18.3 Å². The standard InChI is InChI=1S/C17H15ClFN3O2S/c18-9-4-8(5-10(19)6-9)17-20-7-13(25-17)15(23)22-14-11-2-1-3-12(11)21-16(14)24/h4-7,11-12,14H,1-3H2,(H,21,24)(H,22,23)/t11-,12+,14+/m0/s1. The van der Waals surface area contributed by atoms with Crippen molar-refractivity contribution < 1.29 is 14.0 Å². The largest absolute Gasteiger partial charge is 0.351 e. The van der Waals surface area contributed by atoms with E-state index in [2.05, 4.69) is 15.6 Å². The van der Waals surface area contributed by atoms with Gasteiger partial charge >= 0.3 is 0 Å². The van der Waals surface area contributed by atoms with E-state index in [9.17, 15) is 14.0 Å². The first kappa shape index (κ1) is 16.5. The van der Waals surface area contributed by atoms with Gasteiger partial charge in [0.05, 0.1) is 6.20 Å². The van der Waals surface area contributed by atoms with Gasteiger partial charge in [0.25, 0.3) is 5.91 Å². The molecule has 2 aromatic rings. The van der Waals surface area contributed by atoms with Gasteiger partial charge in [-0.15, -0.1) is 11.3 Å². The van der Waals surface area contributed by atoms with Gasteiger partial charge in [0.1, 0.15) is 21.7 Å². The summed E-state index contributed by atoms with van der Waals surface area (Å²) in [6, 6.07) is 3.81. The van der Waals surface area contributed by atoms with Crippen LogP contribution in [-0.4, -0.2) is 28.9 Å². The van der Waals surface area contributed by atoms with Crippen molar-refractivity contribution in [3.63, 3.8) is 0 Å². The van der Waals surface area contributed by atoms with E-state index in [1.54, 1.807) is 6.07 Å². The monoisotopic (exact) mass is 379 g/mol. The van der Waals surface area contributed by atoms with Crippen LogP contribution in [0, 0.1) is 11.7 Å². The van der Waals surface area contributed by atoms with E-state index in [0.29, 0.717) is 15.4 Å². The second-order valence-electron chi connectivity index (χ2n) is 6.35. The first-order valence-electron chi connectivity index (χ1n) is 8.05. The summed E-state index contributed by atoms with van der Waals surface area (Å²) in [4.78, 5) is 29.1. The first-order chi connectivity index (χ1) is 12.0. The third kappa shape index (κ3) is 3.14. The van der Waals surface area contributed by atoms with Gasteiger partial charge in [-0.1, -0.05) is 18.0 Å². The number of nitrogens with zero attached hydrogens (tertiary/aromatic N) is 1. The van der Waals surface area contributed by atoms with Crippen molar-refractivity contribution in [2.24, 2.45) is 5.92 Å². The number of carbonyl (C=O) groups excluding carboxylic acids is 2. The third-order valence-corrected chi connectivity index (χ3v) is 6.00. The topological polar surface area (TPSA) is 71.1 Å². The molecule has 1 saturated carbocycles. The molecule has 3 atom stereocenters. The van der Waals surface area contributed by atoms with Crippen LogP contribution in [-0.2, 0) is 4.79 Å². The van der Waals surface area contributed by atoms with E-state index >= 15 is 0 Å². The molecule has 2 N–H and O–H groups in total. The van der Waals surface area contributed by atoms with Crippen LogP contribution in [0.25, 0.3) is 10.6 Å². The van der Waals surface area contributed by atoms with Gasteiger partial charge in [-0.05, 0) is 31.0 Å². The summed E-state index contributed by atoms with van der Waals surface area (Å²) in [6.07, 6.45) is 4.40. The lowest BCUT2D eigenvalue weighted by atomic mass is 9.99. The molecular weight excluding hydrogens is 365 g/mol. The minimum absolute atomic E-state index is 0.121. The highest BCUT2D eigenvalue weighted by atomic mass is 35.5. The fourth-order valence-electron chi connectivity index (χ4n) is 3.61. The molecule has 1 aliphatic heterocycles. The second kappa shape index (κ2) is 6.38. The molecule has 1 aromatic carbocycles. The number of rotatable bonds is 3. The van der Waals surface area contributed by atoms with E-state index in [1.807, 2.05) is 0 Å². The maximum Gasteiger partial charge on any atom is 0.263 e. The van der Waals surface area contributed by atoms with Gasteiger partial charge in [0.2, 0.25) is 5.91 Å². The maximum atomic E-state index is 13.5. The smallest absolute Gasteiger partial charge is 0.263 e. The fraction of sp³-hybridized carbons (Fsp3) is 0.353. The highest BCUT2D eigenvalue weighted by Gasteiger charge is 2.45. The average Bonchev–Trinajstić information content (AvgIpc) is 3.25. The molecule has 2 heterocycles. The Bertz CT molecular complexity index is 836. The van der Waals surface area contributed by atoms with Crippen LogP contribution < -0.4 is 10.6 Å². The Labute approximate surface area is 152 Å². The predicted molar refractivity (Wildman–Crippen MR) is 93.0 cm³/mol. The molecule has 0 bridgehead atoms. The molecule has 25 heavy (non-hydrogen) atoms. The molecule has 8 heteroatoms. The Kier molecular flexibility index (Phi) is 4.21. The van der Waals surface area contributed by atoms with E-state index in [-0.39, 0.29) is 28.8 Å². The van der Waals surface area contributed by atoms with Crippen molar-refractivity contribution in [3.05, 3.63) is 40.1 Å². The van der Waals surface area contributed by atoms with E-state index in [0.717, 1.165) is 30.6 Å². The summed E-state index contributed by atoms with van der Waals surface area (Å²) in [5, 5.41) is 6.54. The Morgan fingerprint density at radius 1 is 1.36 bits per heavy atom. The Morgan fingerprint density at radius 2 is 2.20 bits per heavy atom. The van der Waals surface area contributed by atoms with Crippen LogP contribution in [0.15, 0.2) is 24.4 Å². The highest BCUT2D eigenvalue weighted by Crippen LogP contribution is 2.33.